The van der Waals surface area contributed by atoms with Crippen molar-refractivity contribution in [2.24, 2.45) is 0 Å². The summed E-state index contributed by atoms with van der Waals surface area (Å²) >= 11 is 1.00. The number of aromatic nitrogens is 4. The van der Waals surface area contributed by atoms with E-state index in [4.69, 9.17) is 5.73 Å². The van der Waals surface area contributed by atoms with E-state index in [0.717, 1.165) is 11.5 Å². The molecule has 0 aliphatic heterocycles. The first kappa shape index (κ1) is 10.4. The third kappa shape index (κ3) is 2.28. The fourth-order valence-corrected chi connectivity index (χ4v) is 1.54. The van der Waals surface area contributed by atoms with Gasteiger partial charge < -0.3 is 5.73 Å². The van der Waals surface area contributed by atoms with Crippen molar-refractivity contribution in [2.75, 3.05) is 11.1 Å². The molecule has 0 saturated heterocycles. The molecule has 3 N–H and O–H groups in total. The number of nitrogens with one attached hydrogen (secondary N) is 1. The van der Waals surface area contributed by atoms with Crippen LogP contribution >= 0.6 is 11.5 Å². The number of nitrogens with zero attached hydrogens (tertiary/aromatic N) is 4. The lowest BCUT2D eigenvalue weighted by molar-refractivity contribution is 0.102. The Hall–Kier alpha value is -2.09. The van der Waals surface area contributed by atoms with Gasteiger partial charge in [0.25, 0.3) is 5.91 Å². The predicted octanol–water partition coefficient (Wildman–Crippen LogP) is 0.471. The Morgan fingerprint density at radius 3 is 2.94 bits per heavy atom. The molecule has 0 spiro atoms. The standard InChI is InChI=1S/C8H8N6OS/c1-4-2-5(3-6(9)10-4)7(15)11-8-12-13-14-16-8/h2-3H,1H3,(H2,9,10)(H,11,12,14,15). The molecule has 0 bridgehead atoms. The van der Waals surface area contributed by atoms with Crippen LogP contribution in [0.3, 0.4) is 0 Å². The zero-order valence-electron chi connectivity index (χ0n) is 8.34. The van der Waals surface area contributed by atoms with E-state index in [0.29, 0.717) is 22.2 Å². The van der Waals surface area contributed by atoms with Crippen LogP contribution < -0.4 is 11.1 Å². The summed E-state index contributed by atoms with van der Waals surface area (Å²) in [6.45, 7) is 1.76. The lowest BCUT2D eigenvalue weighted by Crippen LogP contribution is -2.13. The Bertz CT molecular complexity index is 491. The summed E-state index contributed by atoms with van der Waals surface area (Å²) < 4.78 is 3.53. The molecule has 2 aromatic heterocycles. The summed E-state index contributed by atoms with van der Waals surface area (Å²) in [5, 5.41) is 9.87. The van der Waals surface area contributed by atoms with Gasteiger partial charge in [0.05, 0.1) is 0 Å². The van der Waals surface area contributed by atoms with Gasteiger partial charge in [0.1, 0.15) is 5.82 Å². The molecule has 0 atom stereocenters. The topological polar surface area (TPSA) is 107 Å². The molecular weight excluding hydrogens is 228 g/mol. The van der Waals surface area contributed by atoms with E-state index in [2.05, 4.69) is 25.1 Å². The van der Waals surface area contributed by atoms with Crippen molar-refractivity contribution < 1.29 is 4.79 Å². The normalized spacial score (nSPS) is 10.1. The van der Waals surface area contributed by atoms with Crippen molar-refractivity contribution in [3.63, 3.8) is 0 Å². The molecule has 1 amide bonds. The molecule has 8 heteroatoms. The molecule has 0 fully saturated rings. The van der Waals surface area contributed by atoms with Crippen LogP contribution in [0.5, 0.6) is 0 Å². The second-order valence-corrected chi connectivity index (χ2v) is 3.78. The lowest BCUT2D eigenvalue weighted by Gasteiger charge is -2.02. The molecular formula is C8H8N6OS. The summed E-state index contributed by atoms with van der Waals surface area (Å²) in [6.07, 6.45) is 0. The van der Waals surface area contributed by atoms with Crippen LogP contribution in [0, 0.1) is 6.92 Å². The highest BCUT2D eigenvalue weighted by Crippen LogP contribution is 2.11. The number of carbonyl (C=O) groups is 1. The SMILES string of the molecule is Cc1cc(C(=O)Nc2nnns2)cc(N)n1. The number of nitrogen functional groups attached to an aromatic ring is 1. The van der Waals surface area contributed by atoms with E-state index in [-0.39, 0.29) is 5.91 Å². The third-order valence-corrected chi connectivity index (χ3v) is 2.27. The van der Waals surface area contributed by atoms with Crippen molar-refractivity contribution in [1.82, 2.24) is 19.8 Å². The monoisotopic (exact) mass is 236 g/mol. The Morgan fingerprint density at radius 2 is 2.31 bits per heavy atom. The average molecular weight is 236 g/mol. The summed E-state index contributed by atoms with van der Waals surface area (Å²) in [5.41, 5.74) is 6.65. The maximum atomic E-state index is 11.7. The highest BCUT2D eigenvalue weighted by atomic mass is 32.1. The van der Waals surface area contributed by atoms with Crippen molar-refractivity contribution in [3.05, 3.63) is 23.4 Å². The van der Waals surface area contributed by atoms with Crippen LogP contribution in [0.25, 0.3) is 0 Å². The Labute approximate surface area is 94.9 Å². The Balaban J connectivity index is 2.21. The number of amides is 1. The second kappa shape index (κ2) is 4.19. The summed E-state index contributed by atoms with van der Waals surface area (Å²) in [4.78, 5) is 15.7. The molecule has 0 aliphatic rings. The van der Waals surface area contributed by atoms with Gasteiger partial charge >= 0.3 is 0 Å². The highest BCUT2D eigenvalue weighted by molar-refractivity contribution is 7.09. The molecule has 2 aromatic rings. The van der Waals surface area contributed by atoms with Gasteiger partial charge in [-0.3, -0.25) is 10.1 Å². The molecule has 0 radical (unpaired) electrons. The molecule has 0 unspecified atom stereocenters. The van der Waals surface area contributed by atoms with Crippen molar-refractivity contribution in [2.45, 2.75) is 6.92 Å². The summed E-state index contributed by atoms with van der Waals surface area (Å²) in [5.74, 6) is -0.00344. The van der Waals surface area contributed by atoms with Crippen molar-refractivity contribution in [1.29, 1.82) is 0 Å². The zero-order chi connectivity index (χ0) is 11.5. The maximum Gasteiger partial charge on any atom is 0.257 e. The van der Waals surface area contributed by atoms with Crippen molar-refractivity contribution >= 4 is 28.4 Å². The van der Waals surface area contributed by atoms with E-state index in [9.17, 15) is 4.79 Å². The summed E-state index contributed by atoms with van der Waals surface area (Å²) in [6, 6.07) is 3.14. The van der Waals surface area contributed by atoms with Crippen LogP contribution in [0.1, 0.15) is 16.1 Å². The number of hydrogen-bond donors (Lipinski definition) is 2. The average Bonchev–Trinajstić information content (AvgIpc) is 2.68. The molecule has 0 saturated carbocycles. The Kier molecular flexibility index (Phi) is 2.73. The fraction of sp³-hybridized carbons (Fsp3) is 0.125. The van der Waals surface area contributed by atoms with Gasteiger partial charge in [0.15, 0.2) is 0 Å². The van der Waals surface area contributed by atoms with Crippen LogP contribution in [-0.2, 0) is 0 Å². The first-order valence-electron chi connectivity index (χ1n) is 4.36. The fourth-order valence-electron chi connectivity index (χ4n) is 1.18. The number of hydrogen-bond acceptors (Lipinski definition) is 7. The van der Waals surface area contributed by atoms with Crippen molar-refractivity contribution in [3.8, 4) is 0 Å². The quantitative estimate of drug-likeness (QED) is 0.785. The second-order valence-electron chi connectivity index (χ2n) is 3.04. The van der Waals surface area contributed by atoms with E-state index in [1.54, 1.807) is 13.0 Å². The summed E-state index contributed by atoms with van der Waals surface area (Å²) in [7, 11) is 0. The Morgan fingerprint density at radius 1 is 1.50 bits per heavy atom. The van der Waals surface area contributed by atoms with Gasteiger partial charge in [-0.1, -0.05) is 9.59 Å². The minimum absolute atomic E-state index is 0.306. The van der Waals surface area contributed by atoms with Gasteiger partial charge in [-0.25, -0.2) is 4.98 Å². The molecule has 2 rings (SSSR count). The third-order valence-electron chi connectivity index (χ3n) is 1.76. The minimum atomic E-state index is -0.309. The van der Waals surface area contributed by atoms with Crippen LogP contribution in [0.2, 0.25) is 0 Å². The van der Waals surface area contributed by atoms with Gasteiger partial charge in [-0.15, -0.1) is 0 Å². The molecule has 7 nitrogen and oxygen atoms in total. The zero-order valence-corrected chi connectivity index (χ0v) is 9.15. The number of rotatable bonds is 2. The number of carbonyl (C=O) groups excluding carboxylic acids is 1. The predicted molar refractivity (Wildman–Crippen MR) is 59.0 cm³/mol. The highest BCUT2D eigenvalue weighted by Gasteiger charge is 2.09. The molecule has 16 heavy (non-hydrogen) atoms. The van der Waals surface area contributed by atoms with Gasteiger partial charge in [0, 0.05) is 22.8 Å². The minimum Gasteiger partial charge on any atom is -0.384 e. The van der Waals surface area contributed by atoms with Crippen LogP contribution in [0.4, 0.5) is 10.9 Å². The van der Waals surface area contributed by atoms with E-state index < -0.39 is 0 Å². The van der Waals surface area contributed by atoms with E-state index in [1.807, 2.05) is 0 Å². The lowest BCUT2D eigenvalue weighted by atomic mass is 10.2. The number of pyridine rings is 1. The van der Waals surface area contributed by atoms with E-state index in [1.165, 1.54) is 6.07 Å². The molecule has 0 aliphatic carbocycles. The van der Waals surface area contributed by atoms with E-state index >= 15 is 0 Å². The molecule has 82 valence electrons. The molecule has 0 aromatic carbocycles. The van der Waals surface area contributed by atoms with Crippen LogP contribution in [-0.4, -0.2) is 25.7 Å². The van der Waals surface area contributed by atoms with Gasteiger partial charge in [-0.05, 0) is 24.3 Å². The number of aryl methyl sites for hydroxylation is 1. The first-order chi connectivity index (χ1) is 7.65. The van der Waals surface area contributed by atoms with Gasteiger partial charge in [0.2, 0.25) is 5.13 Å². The van der Waals surface area contributed by atoms with Gasteiger partial charge in [-0.2, -0.15) is 0 Å². The number of nitrogens with two attached hydrogens (primary N) is 1. The smallest absolute Gasteiger partial charge is 0.257 e. The maximum absolute atomic E-state index is 11.7. The van der Waals surface area contributed by atoms with Crippen LogP contribution in [0.15, 0.2) is 12.1 Å². The molecule has 2 heterocycles. The number of anilines is 2. The first-order valence-corrected chi connectivity index (χ1v) is 5.13. The largest absolute Gasteiger partial charge is 0.384 e.